The third-order valence-electron chi connectivity index (χ3n) is 1.75. The summed E-state index contributed by atoms with van der Waals surface area (Å²) in [6, 6.07) is 0. The molecule has 1 heteroatoms. The summed E-state index contributed by atoms with van der Waals surface area (Å²) in [5, 5.41) is 0. The lowest BCUT2D eigenvalue weighted by Gasteiger charge is -1.96. The molecular weight excluding hydrogens is 134 g/mol. The van der Waals surface area contributed by atoms with E-state index >= 15 is 0 Å². The minimum atomic E-state index is 1.11. The second-order valence-corrected chi connectivity index (χ2v) is 2.98. The fraction of sp³-hybridized carbons (Fsp3) is 0.500. The van der Waals surface area contributed by atoms with Crippen molar-refractivity contribution in [3.63, 3.8) is 0 Å². The molecule has 0 saturated heterocycles. The van der Waals surface area contributed by atoms with Crippen LogP contribution in [0.25, 0.3) is 0 Å². The van der Waals surface area contributed by atoms with Crippen LogP contribution in [0.5, 0.6) is 0 Å². The van der Waals surface area contributed by atoms with Crippen molar-refractivity contribution in [2.45, 2.75) is 33.1 Å². The highest BCUT2D eigenvalue weighted by Crippen LogP contribution is 2.06. The van der Waals surface area contributed by atoms with Crippen LogP contribution in [0.1, 0.15) is 33.1 Å². The van der Waals surface area contributed by atoms with Gasteiger partial charge in [-0.05, 0) is 39.2 Å². The average molecular weight is 149 g/mol. The first-order valence-electron chi connectivity index (χ1n) is 4.16. The summed E-state index contributed by atoms with van der Waals surface area (Å²) in [5.74, 6) is 0. The monoisotopic (exact) mass is 149 g/mol. The Morgan fingerprint density at radius 2 is 2.18 bits per heavy atom. The van der Waals surface area contributed by atoms with Gasteiger partial charge < -0.3 is 0 Å². The van der Waals surface area contributed by atoms with Crippen molar-refractivity contribution in [1.82, 2.24) is 0 Å². The Labute approximate surface area is 68.5 Å². The van der Waals surface area contributed by atoms with Crippen LogP contribution in [0, 0.1) is 0 Å². The predicted molar refractivity (Wildman–Crippen MR) is 49.9 cm³/mol. The zero-order valence-corrected chi connectivity index (χ0v) is 7.30. The van der Waals surface area contributed by atoms with Gasteiger partial charge in [-0.1, -0.05) is 12.2 Å². The predicted octanol–water partition coefficient (Wildman–Crippen LogP) is 3.09. The standard InChI is InChI=1S/C10H15N/c1-9-7-5-3-4-6-8-10(2)11-9/h3,5,7H,4,6,8H2,1-2H3/b5-3-,9-7-,11-10-. The fourth-order valence-corrected chi connectivity index (χ4v) is 1.17. The molecule has 60 valence electrons. The number of nitrogens with zero attached hydrogens (tertiary/aromatic N) is 1. The molecule has 1 heterocycles. The number of hydrogen-bond donors (Lipinski definition) is 0. The maximum absolute atomic E-state index is 4.42. The molecule has 0 unspecified atom stereocenters. The zero-order chi connectivity index (χ0) is 8.10. The van der Waals surface area contributed by atoms with Crippen molar-refractivity contribution in [2.24, 2.45) is 4.99 Å². The van der Waals surface area contributed by atoms with Gasteiger partial charge in [0.2, 0.25) is 0 Å². The minimum Gasteiger partial charge on any atom is -0.263 e. The molecule has 0 aromatic rings. The van der Waals surface area contributed by atoms with Gasteiger partial charge in [-0.25, -0.2) is 0 Å². The van der Waals surface area contributed by atoms with E-state index in [1.54, 1.807) is 0 Å². The SMILES string of the molecule is CC1=C/C=C\CCC/C(C)=N\1. The van der Waals surface area contributed by atoms with Crippen LogP contribution in [0.3, 0.4) is 0 Å². The second kappa shape index (κ2) is 4.12. The molecule has 1 rings (SSSR count). The van der Waals surface area contributed by atoms with Crippen molar-refractivity contribution < 1.29 is 0 Å². The van der Waals surface area contributed by atoms with Crippen LogP contribution in [-0.2, 0) is 0 Å². The molecule has 0 radical (unpaired) electrons. The molecule has 1 nitrogen and oxygen atoms in total. The van der Waals surface area contributed by atoms with Crippen LogP contribution >= 0.6 is 0 Å². The van der Waals surface area contributed by atoms with E-state index in [1.165, 1.54) is 18.6 Å². The first kappa shape index (κ1) is 8.25. The highest BCUT2D eigenvalue weighted by Gasteiger charge is 1.93. The lowest BCUT2D eigenvalue weighted by atomic mass is 10.2. The van der Waals surface area contributed by atoms with Gasteiger partial charge in [0, 0.05) is 11.4 Å². The summed E-state index contributed by atoms with van der Waals surface area (Å²) in [6.45, 7) is 4.14. The molecule has 0 aliphatic carbocycles. The Kier molecular flexibility index (Phi) is 3.09. The van der Waals surface area contributed by atoms with E-state index < -0.39 is 0 Å². The summed E-state index contributed by atoms with van der Waals surface area (Å²) in [4.78, 5) is 4.42. The molecular formula is C10H15N. The van der Waals surface area contributed by atoms with Crippen molar-refractivity contribution in [1.29, 1.82) is 0 Å². The summed E-state index contributed by atoms with van der Waals surface area (Å²) in [6.07, 6.45) is 9.91. The van der Waals surface area contributed by atoms with E-state index in [-0.39, 0.29) is 0 Å². The molecule has 0 bridgehead atoms. The number of hydrogen-bond acceptors (Lipinski definition) is 1. The molecule has 0 aromatic carbocycles. The molecule has 0 aromatic heterocycles. The van der Waals surface area contributed by atoms with E-state index in [4.69, 9.17) is 0 Å². The number of allylic oxidation sites excluding steroid dienone is 4. The minimum absolute atomic E-state index is 1.11. The van der Waals surface area contributed by atoms with E-state index in [0.29, 0.717) is 0 Å². The molecule has 0 fully saturated rings. The van der Waals surface area contributed by atoms with Crippen molar-refractivity contribution in [3.8, 4) is 0 Å². The zero-order valence-electron chi connectivity index (χ0n) is 7.30. The Bertz CT molecular complexity index is 209. The maximum Gasteiger partial charge on any atom is 0.0371 e. The molecule has 1 aliphatic heterocycles. The fourth-order valence-electron chi connectivity index (χ4n) is 1.17. The molecule has 11 heavy (non-hydrogen) atoms. The smallest absolute Gasteiger partial charge is 0.0371 e. The first-order valence-corrected chi connectivity index (χ1v) is 4.16. The van der Waals surface area contributed by atoms with Crippen LogP contribution in [-0.4, -0.2) is 5.71 Å². The van der Waals surface area contributed by atoms with Crippen molar-refractivity contribution >= 4 is 5.71 Å². The third kappa shape index (κ3) is 3.17. The van der Waals surface area contributed by atoms with Gasteiger partial charge in [0.15, 0.2) is 0 Å². The largest absolute Gasteiger partial charge is 0.263 e. The van der Waals surface area contributed by atoms with E-state index in [2.05, 4.69) is 30.1 Å². The van der Waals surface area contributed by atoms with Gasteiger partial charge in [0.25, 0.3) is 0 Å². The Morgan fingerprint density at radius 1 is 1.36 bits per heavy atom. The molecule has 0 atom stereocenters. The summed E-state index contributed by atoms with van der Waals surface area (Å²) in [5.41, 5.74) is 2.36. The van der Waals surface area contributed by atoms with E-state index in [1.807, 2.05) is 6.92 Å². The van der Waals surface area contributed by atoms with Gasteiger partial charge in [-0.15, -0.1) is 0 Å². The quantitative estimate of drug-likeness (QED) is 0.502. The topological polar surface area (TPSA) is 12.4 Å². The van der Waals surface area contributed by atoms with Crippen molar-refractivity contribution in [3.05, 3.63) is 23.9 Å². The van der Waals surface area contributed by atoms with Gasteiger partial charge in [-0.2, -0.15) is 0 Å². The first-order chi connectivity index (χ1) is 5.29. The lowest BCUT2D eigenvalue weighted by molar-refractivity contribution is 0.891. The molecule has 0 N–H and O–H groups in total. The Morgan fingerprint density at radius 3 is 3.00 bits per heavy atom. The maximum atomic E-state index is 4.42. The van der Waals surface area contributed by atoms with Crippen molar-refractivity contribution in [2.75, 3.05) is 0 Å². The molecule has 0 saturated carbocycles. The highest BCUT2D eigenvalue weighted by atomic mass is 14.7. The Balaban J connectivity index is 2.73. The lowest BCUT2D eigenvalue weighted by Crippen LogP contribution is -1.90. The normalized spacial score (nSPS) is 31.8. The summed E-state index contributed by atoms with van der Waals surface area (Å²) < 4.78 is 0. The van der Waals surface area contributed by atoms with Crippen LogP contribution < -0.4 is 0 Å². The van der Waals surface area contributed by atoms with Crippen LogP contribution in [0.2, 0.25) is 0 Å². The number of aliphatic imine (C=N–C) groups is 1. The Hall–Kier alpha value is -0.850. The second-order valence-electron chi connectivity index (χ2n) is 2.98. The molecule has 0 spiro atoms. The van der Waals surface area contributed by atoms with Crippen LogP contribution in [0.4, 0.5) is 0 Å². The van der Waals surface area contributed by atoms with Crippen LogP contribution in [0.15, 0.2) is 28.9 Å². The van der Waals surface area contributed by atoms with Gasteiger partial charge in [0.05, 0.1) is 0 Å². The van der Waals surface area contributed by atoms with E-state index in [9.17, 15) is 0 Å². The van der Waals surface area contributed by atoms with Gasteiger partial charge >= 0.3 is 0 Å². The summed E-state index contributed by atoms with van der Waals surface area (Å²) >= 11 is 0. The molecule has 1 aliphatic rings. The number of rotatable bonds is 0. The highest BCUT2D eigenvalue weighted by molar-refractivity contribution is 5.82. The van der Waals surface area contributed by atoms with Gasteiger partial charge in [-0.3, -0.25) is 4.99 Å². The average Bonchev–Trinajstić information content (AvgIpc) is 2.02. The summed E-state index contributed by atoms with van der Waals surface area (Å²) in [7, 11) is 0. The van der Waals surface area contributed by atoms with E-state index in [0.717, 1.165) is 12.1 Å². The third-order valence-corrected chi connectivity index (χ3v) is 1.75. The van der Waals surface area contributed by atoms with Gasteiger partial charge in [0.1, 0.15) is 0 Å². The molecule has 0 amide bonds.